The summed E-state index contributed by atoms with van der Waals surface area (Å²) in [5.41, 5.74) is 0. The average Bonchev–Trinajstić information content (AvgIpc) is 2.55. The van der Waals surface area contributed by atoms with E-state index in [4.69, 9.17) is 5.14 Å². The maximum absolute atomic E-state index is 12.2. The molecule has 0 spiro atoms. The highest BCUT2D eigenvalue weighted by Crippen LogP contribution is 2.18. The Kier molecular flexibility index (Phi) is 6.41. The first kappa shape index (κ1) is 18.9. The topological polar surface area (TPSA) is 106 Å². The molecule has 0 fully saturated rings. The molecule has 0 saturated heterocycles. The van der Waals surface area contributed by atoms with E-state index < -0.39 is 20.0 Å². The van der Waals surface area contributed by atoms with Crippen molar-refractivity contribution in [2.75, 3.05) is 12.3 Å². The third-order valence-corrected chi connectivity index (χ3v) is 6.54. The average molecular weight is 387 g/mol. The minimum atomic E-state index is -3.94. The standard InChI is InChI=1S/C15H18N2O4S3/c16-23(18,19)14-8-4-9-15(12-14)24(20,21)17-10-5-11-22-13-6-2-1-3-7-13/h1-4,6-9,12,17H,5,10-11H2,(H2,16,18,19). The van der Waals surface area contributed by atoms with E-state index in [2.05, 4.69) is 4.72 Å². The molecule has 130 valence electrons. The van der Waals surface area contributed by atoms with Crippen LogP contribution in [0.25, 0.3) is 0 Å². The zero-order chi connectivity index (χ0) is 17.6. The van der Waals surface area contributed by atoms with Crippen LogP contribution in [-0.4, -0.2) is 29.1 Å². The van der Waals surface area contributed by atoms with Crippen LogP contribution in [0.2, 0.25) is 0 Å². The van der Waals surface area contributed by atoms with Gasteiger partial charge < -0.3 is 0 Å². The van der Waals surface area contributed by atoms with Crippen molar-refractivity contribution < 1.29 is 16.8 Å². The molecule has 0 aromatic heterocycles. The molecule has 0 amide bonds. The first-order chi connectivity index (χ1) is 11.3. The van der Waals surface area contributed by atoms with Gasteiger partial charge in [0.1, 0.15) is 0 Å². The predicted molar refractivity (Wildman–Crippen MR) is 94.8 cm³/mol. The zero-order valence-corrected chi connectivity index (χ0v) is 15.2. The number of rotatable bonds is 8. The van der Waals surface area contributed by atoms with Crippen LogP contribution in [0, 0.1) is 0 Å². The van der Waals surface area contributed by atoms with Crippen molar-refractivity contribution in [2.24, 2.45) is 5.14 Å². The highest BCUT2D eigenvalue weighted by molar-refractivity contribution is 7.99. The number of benzene rings is 2. The van der Waals surface area contributed by atoms with Gasteiger partial charge in [-0.1, -0.05) is 24.3 Å². The van der Waals surface area contributed by atoms with Crippen LogP contribution in [0.15, 0.2) is 69.3 Å². The minimum Gasteiger partial charge on any atom is -0.225 e. The Hall–Kier alpha value is -1.39. The van der Waals surface area contributed by atoms with Gasteiger partial charge in [-0.25, -0.2) is 26.7 Å². The molecule has 0 bridgehead atoms. The van der Waals surface area contributed by atoms with Gasteiger partial charge in [0, 0.05) is 11.4 Å². The molecule has 2 rings (SSSR count). The lowest BCUT2D eigenvalue weighted by Crippen LogP contribution is -2.25. The van der Waals surface area contributed by atoms with Gasteiger partial charge in [0.2, 0.25) is 20.0 Å². The lowest BCUT2D eigenvalue weighted by atomic mass is 10.4. The number of hydrogen-bond acceptors (Lipinski definition) is 5. The van der Waals surface area contributed by atoms with Crippen LogP contribution in [0.1, 0.15) is 6.42 Å². The van der Waals surface area contributed by atoms with Crippen LogP contribution >= 0.6 is 11.8 Å². The van der Waals surface area contributed by atoms with E-state index in [1.807, 2.05) is 30.3 Å². The molecule has 0 radical (unpaired) electrons. The molecule has 24 heavy (non-hydrogen) atoms. The van der Waals surface area contributed by atoms with Crippen LogP contribution in [0.5, 0.6) is 0 Å². The summed E-state index contributed by atoms with van der Waals surface area (Å²) in [6.07, 6.45) is 0.646. The Morgan fingerprint density at radius 2 is 1.58 bits per heavy atom. The molecule has 2 aromatic rings. The normalized spacial score (nSPS) is 12.2. The smallest absolute Gasteiger partial charge is 0.225 e. The highest BCUT2D eigenvalue weighted by Gasteiger charge is 2.16. The van der Waals surface area contributed by atoms with E-state index >= 15 is 0 Å². The van der Waals surface area contributed by atoms with Gasteiger partial charge in [0.05, 0.1) is 9.79 Å². The summed E-state index contributed by atoms with van der Waals surface area (Å²) < 4.78 is 49.5. The molecule has 0 atom stereocenters. The molecule has 0 aliphatic carbocycles. The quantitative estimate of drug-likeness (QED) is 0.531. The summed E-state index contributed by atoms with van der Waals surface area (Å²) in [6, 6.07) is 14.8. The Bertz CT molecular complexity index is 882. The van der Waals surface area contributed by atoms with E-state index in [9.17, 15) is 16.8 Å². The summed E-state index contributed by atoms with van der Waals surface area (Å²) in [7, 11) is -7.71. The van der Waals surface area contributed by atoms with Crippen molar-refractivity contribution in [1.82, 2.24) is 4.72 Å². The molecule has 3 N–H and O–H groups in total. The van der Waals surface area contributed by atoms with Crippen molar-refractivity contribution >= 4 is 31.8 Å². The maximum Gasteiger partial charge on any atom is 0.240 e. The number of hydrogen-bond donors (Lipinski definition) is 2. The van der Waals surface area contributed by atoms with Crippen molar-refractivity contribution in [3.05, 3.63) is 54.6 Å². The molecule has 0 saturated carbocycles. The Morgan fingerprint density at radius 3 is 2.25 bits per heavy atom. The third-order valence-electron chi connectivity index (χ3n) is 3.07. The molecular formula is C15H18N2O4S3. The number of primary sulfonamides is 1. The van der Waals surface area contributed by atoms with Crippen molar-refractivity contribution in [3.8, 4) is 0 Å². The SMILES string of the molecule is NS(=O)(=O)c1cccc(S(=O)(=O)NCCCSc2ccccc2)c1. The molecule has 9 heteroatoms. The van der Waals surface area contributed by atoms with Crippen molar-refractivity contribution in [3.63, 3.8) is 0 Å². The van der Waals surface area contributed by atoms with E-state index in [-0.39, 0.29) is 16.3 Å². The second-order valence-corrected chi connectivity index (χ2v) is 9.43. The van der Waals surface area contributed by atoms with Crippen molar-refractivity contribution in [2.45, 2.75) is 21.1 Å². The second-order valence-electron chi connectivity index (χ2n) is 4.93. The van der Waals surface area contributed by atoms with Crippen LogP contribution < -0.4 is 9.86 Å². The maximum atomic E-state index is 12.2. The third kappa shape index (κ3) is 5.60. The second kappa shape index (κ2) is 8.13. The number of nitrogens with two attached hydrogens (primary N) is 1. The first-order valence-electron chi connectivity index (χ1n) is 7.09. The van der Waals surface area contributed by atoms with Gasteiger partial charge >= 0.3 is 0 Å². The lowest BCUT2D eigenvalue weighted by molar-refractivity contribution is 0.580. The minimum absolute atomic E-state index is 0.121. The summed E-state index contributed by atoms with van der Waals surface area (Å²) in [5.74, 6) is 0.768. The molecule has 0 aliphatic heterocycles. The van der Waals surface area contributed by atoms with Crippen molar-refractivity contribution in [1.29, 1.82) is 0 Å². The monoisotopic (exact) mass is 386 g/mol. The molecule has 0 heterocycles. The summed E-state index contributed by atoms with van der Waals surface area (Å²) in [5, 5.41) is 5.02. The van der Waals surface area contributed by atoms with Crippen LogP contribution in [0.3, 0.4) is 0 Å². The van der Waals surface area contributed by atoms with E-state index in [0.717, 1.165) is 16.7 Å². The number of thioether (sulfide) groups is 1. The van der Waals surface area contributed by atoms with Gasteiger partial charge in [0.15, 0.2) is 0 Å². The van der Waals surface area contributed by atoms with Crippen LogP contribution in [-0.2, 0) is 20.0 Å². The Balaban J connectivity index is 1.90. The molecule has 2 aromatic carbocycles. The number of sulfonamides is 2. The highest BCUT2D eigenvalue weighted by atomic mass is 32.2. The van der Waals surface area contributed by atoms with Gasteiger partial charge in [-0.05, 0) is 42.5 Å². The fourth-order valence-corrected chi connectivity index (χ4v) is 4.51. The van der Waals surface area contributed by atoms with Crippen LogP contribution in [0.4, 0.5) is 0 Å². The summed E-state index contributed by atoms with van der Waals surface area (Å²) >= 11 is 1.64. The summed E-state index contributed by atoms with van der Waals surface area (Å²) in [6.45, 7) is 0.266. The first-order valence-corrected chi connectivity index (χ1v) is 11.1. The van der Waals surface area contributed by atoms with Gasteiger partial charge in [0.25, 0.3) is 0 Å². The fraction of sp³-hybridized carbons (Fsp3) is 0.200. The summed E-state index contributed by atoms with van der Waals surface area (Å²) in [4.78, 5) is 0.774. The Morgan fingerprint density at radius 1 is 0.917 bits per heavy atom. The molecule has 0 unspecified atom stereocenters. The Labute approximate surface area is 146 Å². The molecule has 6 nitrogen and oxygen atoms in total. The molecular weight excluding hydrogens is 368 g/mol. The van der Waals surface area contributed by atoms with Gasteiger partial charge in [-0.3, -0.25) is 0 Å². The van der Waals surface area contributed by atoms with Gasteiger partial charge in [-0.2, -0.15) is 0 Å². The predicted octanol–water partition coefficient (Wildman–Crippen LogP) is 1.79. The zero-order valence-electron chi connectivity index (χ0n) is 12.8. The van der Waals surface area contributed by atoms with E-state index in [1.54, 1.807) is 11.8 Å². The number of nitrogens with one attached hydrogen (secondary N) is 1. The lowest BCUT2D eigenvalue weighted by Gasteiger charge is -2.08. The molecule has 0 aliphatic rings. The van der Waals surface area contributed by atoms with E-state index in [1.165, 1.54) is 18.2 Å². The van der Waals surface area contributed by atoms with E-state index in [0.29, 0.717) is 6.42 Å². The fourth-order valence-electron chi connectivity index (χ4n) is 1.89. The van der Waals surface area contributed by atoms with Gasteiger partial charge in [-0.15, -0.1) is 11.8 Å². The largest absolute Gasteiger partial charge is 0.240 e.